The Labute approximate surface area is 165 Å². The Morgan fingerprint density at radius 3 is 1.90 bits per heavy atom. The highest BCUT2D eigenvalue weighted by Crippen LogP contribution is 1.99. The van der Waals surface area contributed by atoms with Gasteiger partial charge in [0.1, 0.15) is 18.1 Å². The fraction of sp³-hybridized carbons (Fsp3) is 0.600. The van der Waals surface area contributed by atoms with E-state index in [1.807, 2.05) is 5.32 Å². The quantitative estimate of drug-likeness (QED) is 0.142. The molecule has 0 aromatic carbocycles. The molecule has 0 aliphatic rings. The lowest BCUT2D eigenvalue weighted by Gasteiger charge is -2.22. The average molecular weight is 419 g/mol. The zero-order chi connectivity index (χ0) is 22.7. The summed E-state index contributed by atoms with van der Waals surface area (Å²) in [4.78, 5) is 68.7. The number of carboxylic acids is 2. The Morgan fingerprint density at radius 2 is 1.45 bits per heavy atom. The molecule has 4 amide bonds. The van der Waals surface area contributed by atoms with Gasteiger partial charge in [0.25, 0.3) is 0 Å². The third-order valence-electron chi connectivity index (χ3n) is 3.59. The van der Waals surface area contributed by atoms with Gasteiger partial charge in [-0.1, -0.05) is 0 Å². The summed E-state index contributed by atoms with van der Waals surface area (Å²) in [5.74, 6) is -6.46. The van der Waals surface area contributed by atoms with Gasteiger partial charge >= 0.3 is 11.9 Å². The molecular weight excluding hydrogens is 394 g/mol. The van der Waals surface area contributed by atoms with E-state index in [1.165, 1.54) is 6.92 Å². The number of aliphatic carboxylic acids is 2. The van der Waals surface area contributed by atoms with E-state index in [0.717, 1.165) is 0 Å². The van der Waals surface area contributed by atoms with Crippen LogP contribution < -0.4 is 27.4 Å². The molecule has 10 N–H and O–H groups in total. The molecule has 0 spiro atoms. The predicted octanol–water partition coefficient (Wildman–Crippen LogP) is -4.39. The number of nitrogens with one attached hydrogen (secondary N) is 3. The van der Waals surface area contributed by atoms with Crippen LogP contribution in [-0.4, -0.2) is 81.7 Å². The zero-order valence-corrected chi connectivity index (χ0v) is 15.6. The van der Waals surface area contributed by atoms with Crippen molar-refractivity contribution < 1.29 is 44.1 Å². The number of carbonyl (C=O) groups is 6. The fourth-order valence-electron chi connectivity index (χ4n) is 1.96. The van der Waals surface area contributed by atoms with Gasteiger partial charge in [-0.15, -0.1) is 0 Å². The lowest BCUT2D eigenvalue weighted by atomic mass is 10.1. The Bertz CT molecular complexity index is 654. The Balaban J connectivity index is 5.00. The van der Waals surface area contributed by atoms with Crippen molar-refractivity contribution in [2.75, 3.05) is 6.61 Å². The summed E-state index contributed by atoms with van der Waals surface area (Å²) in [6.07, 6.45) is -1.25. The minimum atomic E-state index is -1.59. The number of aliphatic hydroxyl groups is 1. The van der Waals surface area contributed by atoms with E-state index < -0.39 is 79.2 Å². The molecule has 0 rings (SSSR count). The van der Waals surface area contributed by atoms with Crippen molar-refractivity contribution in [1.82, 2.24) is 16.0 Å². The molecule has 164 valence electrons. The van der Waals surface area contributed by atoms with Crippen molar-refractivity contribution in [3.8, 4) is 0 Å². The van der Waals surface area contributed by atoms with Crippen LogP contribution in [0.25, 0.3) is 0 Å². The summed E-state index contributed by atoms with van der Waals surface area (Å²) in [5, 5.41) is 32.6. The Morgan fingerprint density at radius 1 is 0.897 bits per heavy atom. The van der Waals surface area contributed by atoms with Crippen molar-refractivity contribution in [2.24, 2.45) is 11.5 Å². The summed E-state index contributed by atoms with van der Waals surface area (Å²) in [6.45, 7) is 0.321. The van der Waals surface area contributed by atoms with E-state index in [2.05, 4.69) is 10.6 Å². The average Bonchev–Trinajstić information content (AvgIpc) is 2.62. The maximum absolute atomic E-state index is 12.3. The summed E-state index contributed by atoms with van der Waals surface area (Å²) in [6, 6.07) is -5.64. The van der Waals surface area contributed by atoms with Crippen LogP contribution in [-0.2, 0) is 28.8 Å². The van der Waals surface area contributed by atoms with Gasteiger partial charge in [-0.2, -0.15) is 0 Å². The van der Waals surface area contributed by atoms with Gasteiger partial charge in [0.2, 0.25) is 23.6 Å². The molecule has 0 radical (unpaired) electrons. The van der Waals surface area contributed by atoms with Crippen molar-refractivity contribution in [3.05, 3.63) is 0 Å². The molecule has 14 nitrogen and oxygen atoms in total. The highest BCUT2D eigenvalue weighted by molar-refractivity contribution is 5.96. The largest absolute Gasteiger partial charge is 0.481 e. The van der Waals surface area contributed by atoms with Crippen LogP contribution in [0.5, 0.6) is 0 Å². The van der Waals surface area contributed by atoms with Gasteiger partial charge in [-0.25, -0.2) is 4.79 Å². The molecule has 4 unspecified atom stereocenters. The van der Waals surface area contributed by atoms with Crippen LogP contribution in [0.2, 0.25) is 0 Å². The van der Waals surface area contributed by atoms with Gasteiger partial charge in [0.15, 0.2) is 0 Å². The van der Waals surface area contributed by atoms with Gasteiger partial charge in [-0.3, -0.25) is 24.0 Å². The number of amides is 4. The van der Waals surface area contributed by atoms with Crippen molar-refractivity contribution in [3.63, 3.8) is 0 Å². The van der Waals surface area contributed by atoms with Crippen molar-refractivity contribution >= 4 is 35.6 Å². The molecule has 0 bridgehead atoms. The monoisotopic (exact) mass is 419 g/mol. The lowest BCUT2D eigenvalue weighted by molar-refractivity contribution is -0.143. The van der Waals surface area contributed by atoms with E-state index in [1.54, 1.807) is 0 Å². The summed E-state index contributed by atoms with van der Waals surface area (Å²) in [7, 11) is 0. The maximum Gasteiger partial charge on any atom is 0.328 e. The Hall–Kier alpha value is -3.26. The zero-order valence-electron chi connectivity index (χ0n) is 15.6. The molecule has 0 aliphatic carbocycles. The second-order valence-corrected chi connectivity index (χ2v) is 6.08. The molecule has 0 saturated heterocycles. The third kappa shape index (κ3) is 10.0. The minimum Gasteiger partial charge on any atom is -0.481 e. The first-order chi connectivity index (χ1) is 13.4. The standard InChI is InChI=1S/C15H25N5O9/c1-6(12(25)20-9(5-21)15(28)29)18-14(27)8(4-10(17)22)19-13(26)7(16)2-3-11(23)24/h6-9,21H,2-5,16H2,1H3,(H2,17,22)(H,18,27)(H,19,26)(H,20,25)(H,23,24)(H,28,29). The van der Waals surface area contributed by atoms with Crippen LogP contribution >= 0.6 is 0 Å². The lowest BCUT2D eigenvalue weighted by Crippen LogP contribution is -2.57. The molecule has 4 atom stereocenters. The molecule has 0 heterocycles. The number of nitrogens with two attached hydrogens (primary N) is 2. The molecule has 14 heteroatoms. The summed E-state index contributed by atoms with van der Waals surface area (Å²) < 4.78 is 0. The molecule has 0 fully saturated rings. The number of aliphatic hydroxyl groups excluding tert-OH is 1. The number of hydrogen-bond donors (Lipinski definition) is 8. The van der Waals surface area contributed by atoms with E-state index in [-0.39, 0.29) is 6.42 Å². The van der Waals surface area contributed by atoms with Crippen LogP contribution in [0.4, 0.5) is 0 Å². The number of carboxylic acid groups (broad SMARTS) is 2. The third-order valence-corrected chi connectivity index (χ3v) is 3.59. The van der Waals surface area contributed by atoms with E-state index >= 15 is 0 Å². The second-order valence-electron chi connectivity index (χ2n) is 6.08. The number of carbonyl (C=O) groups excluding carboxylic acids is 4. The van der Waals surface area contributed by atoms with Gasteiger partial charge in [-0.05, 0) is 13.3 Å². The first-order valence-corrected chi connectivity index (χ1v) is 8.39. The van der Waals surface area contributed by atoms with Crippen LogP contribution in [0.3, 0.4) is 0 Å². The normalized spacial score (nSPS) is 14.6. The van der Waals surface area contributed by atoms with Crippen LogP contribution in [0.15, 0.2) is 0 Å². The molecular formula is C15H25N5O9. The molecule has 0 aromatic heterocycles. The minimum absolute atomic E-state index is 0.220. The smallest absolute Gasteiger partial charge is 0.328 e. The first-order valence-electron chi connectivity index (χ1n) is 8.39. The van der Waals surface area contributed by atoms with Gasteiger partial charge in [0, 0.05) is 6.42 Å². The Kier molecular flexibility index (Phi) is 10.9. The number of hydrogen-bond acceptors (Lipinski definition) is 8. The molecule has 0 saturated carbocycles. The van der Waals surface area contributed by atoms with Crippen LogP contribution in [0.1, 0.15) is 26.2 Å². The van der Waals surface area contributed by atoms with Gasteiger partial charge in [0.05, 0.1) is 19.1 Å². The van der Waals surface area contributed by atoms with E-state index in [0.29, 0.717) is 0 Å². The van der Waals surface area contributed by atoms with E-state index in [4.69, 9.17) is 26.8 Å². The second kappa shape index (κ2) is 12.2. The fourth-order valence-corrected chi connectivity index (χ4v) is 1.96. The van der Waals surface area contributed by atoms with Crippen molar-refractivity contribution in [2.45, 2.75) is 50.4 Å². The predicted molar refractivity (Wildman–Crippen MR) is 94.8 cm³/mol. The molecule has 29 heavy (non-hydrogen) atoms. The van der Waals surface area contributed by atoms with Gasteiger partial charge < -0.3 is 42.7 Å². The first kappa shape index (κ1) is 25.7. The summed E-state index contributed by atoms with van der Waals surface area (Å²) in [5.41, 5.74) is 10.6. The van der Waals surface area contributed by atoms with Crippen LogP contribution in [0, 0.1) is 0 Å². The molecule has 0 aliphatic heterocycles. The van der Waals surface area contributed by atoms with Crippen molar-refractivity contribution in [1.29, 1.82) is 0 Å². The number of rotatable bonds is 13. The topological polar surface area (TPSA) is 251 Å². The van der Waals surface area contributed by atoms with E-state index in [9.17, 15) is 28.8 Å². The SMILES string of the molecule is CC(NC(=O)C(CC(N)=O)NC(=O)C(N)CCC(=O)O)C(=O)NC(CO)C(=O)O. The summed E-state index contributed by atoms with van der Waals surface area (Å²) >= 11 is 0. The number of primary amides is 1. The highest BCUT2D eigenvalue weighted by atomic mass is 16.4. The maximum atomic E-state index is 12.3. The highest BCUT2D eigenvalue weighted by Gasteiger charge is 2.29. The molecule has 0 aromatic rings.